The summed E-state index contributed by atoms with van der Waals surface area (Å²) in [4.78, 5) is 10.8. The molecule has 0 radical (unpaired) electrons. The largest absolute Gasteiger partial charge is 0.463 e. The lowest BCUT2D eigenvalue weighted by Gasteiger charge is -2.33. The monoisotopic (exact) mass is 194 g/mol. The first-order chi connectivity index (χ1) is 6.75. The molecule has 2 unspecified atom stereocenters. The molecular formula is C12H18O2. The molecule has 0 bridgehead atoms. The lowest BCUT2D eigenvalue weighted by atomic mass is 9.76. The van der Waals surface area contributed by atoms with Crippen LogP contribution in [0.15, 0.2) is 11.6 Å². The molecule has 2 aliphatic carbocycles. The van der Waals surface area contributed by atoms with E-state index in [-0.39, 0.29) is 12.1 Å². The van der Waals surface area contributed by atoms with Crippen molar-refractivity contribution >= 4 is 5.97 Å². The van der Waals surface area contributed by atoms with E-state index >= 15 is 0 Å². The highest BCUT2D eigenvalue weighted by Crippen LogP contribution is 2.37. The fourth-order valence-electron chi connectivity index (χ4n) is 2.68. The summed E-state index contributed by atoms with van der Waals surface area (Å²) < 4.78 is 5.27. The molecule has 14 heavy (non-hydrogen) atoms. The number of hydrogen-bond donors (Lipinski definition) is 0. The third kappa shape index (κ3) is 2.17. The molecule has 0 aromatic rings. The summed E-state index contributed by atoms with van der Waals surface area (Å²) in [7, 11) is 0. The Balaban J connectivity index is 1.93. The first-order valence-corrected chi connectivity index (χ1v) is 5.62. The predicted octanol–water partition coefficient (Wildman–Crippen LogP) is 2.83. The maximum Gasteiger partial charge on any atom is 0.302 e. The number of rotatable bonds is 1. The van der Waals surface area contributed by atoms with Crippen molar-refractivity contribution < 1.29 is 9.53 Å². The topological polar surface area (TPSA) is 26.3 Å². The molecule has 78 valence electrons. The van der Waals surface area contributed by atoms with Crippen molar-refractivity contribution in [2.45, 2.75) is 51.6 Å². The van der Waals surface area contributed by atoms with Gasteiger partial charge in [-0.3, -0.25) is 4.79 Å². The highest BCUT2D eigenvalue weighted by Gasteiger charge is 2.28. The van der Waals surface area contributed by atoms with Crippen LogP contribution in [0.2, 0.25) is 0 Å². The van der Waals surface area contributed by atoms with Gasteiger partial charge in [0.05, 0.1) is 0 Å². The molecule has 0 spiro atoms. The molecule has 0 saturated heterocycles. The number of fused-ring (bicyclic) bond motifs is 1. The van der Waals surface area contributed by atoms with Gasteiger partial charge in [-0.25, -0.2) is 0 Å². The Morgan fingerprint density at radius 1 is 1.50 bits per heavy atom. The molecule has 1 saturated carbocycles. The number of carbonyl (C=O) groups excluding carboxylic acids is 1. The van der Waals surface area contributed by atoms with Crippen LogP contribution in [0, 0.1) is 5.92 Å². The minimum atomic E-state index is -0.127. The smallest absolute Gasteiger partial charge is 0.302 e. The molecular weight excluding hydrogens is 176 g/mol. The standard InChI is InChI=1S/C12H18O2/c1-9(13)14-12-7-6-10-4-2-3-5-11(10)8-12/h4,11-12H,2-3,5-8H2,1H3. The lowest BCUT2D eigenvalue weighted by molar-refractivity contribution is -0.147. The molecule has 2 aliphatic rings. The Bertz CT molecular complexity index is 255. The second kappa shape index (κ2) is 4.16. The second-order valence-corrected chi connectivity index (χ2v) is 4.41. The van der Waals surface area contributed by atoms with Crippen molar-refractivity contribution in [1.29, 1.82) is 0 Å². The fourth-order valence-corrected chi connectivity index (χ4v) is 2.68. The van der Waals surface area contributed by atoms with Gasteiger partial charge in [0.1, 0.15) is 6.10 Å². The van der Waals surface area contributed by atoms with Crippen LogP contribution in [-0.4, -0.2) is 12.1 Å². The third-order valence-corrected chi connectivity index (χ3v) is 3.32. The Morgan fingerprint density at radius 2 is 2.36 bits per heavy atom. The molecule has 1 fully saturated rings. The summed E-state index contributed by atoms with van der Waals surface area (Å²) in [5.41, 5.74) is 1.62. The molecule has 0 amide bonds. The number of ether oxygens (including phenoxy) is 1. The molecule has 0 aromatic heterocycles. The van der Waals surface area contributed by atoms with Crippen LogP contribution in [0.25, 0.3) is 0 Å². The van der Waals surface area contributed by atoms with Crippen LogP contribution < -0.4 is 0 Å². The predicted molar refractivity (Wildman–Crippen MR) is 54.8 cm³/mol. The number of allylic oxidation sites excluding steroid dienone is 2. The van der Waals surface area contributed by atoms with E-state index in [0.29, 0.717) is 5.92 Å². The van der Waals surface area contributed by atoms with Gasteiger partial charge in [-0.15, -0.1) is 0 Å². The van der Waals surface area contributed by atoms with Crippen LogP contribution in [0.1, 0.15) is 45.4 Å². The van der Waals surface area contributed by atoms with E-state index in [1.54, 1.807) is 5.57 Å². The Hall–Kier alpha value is -0.790. The van der Waals surface area contributed by atoms with Crippen molar-refractivity contribution in [3.05, 3.63) is 11.6 Å². The average molecular weight is 194 g/mol. The normalized spacial score (nSPS) is 31.6. The van der Waals surface area contributed by atoms with E-state index in [1.807, 2.05) is 0 Å². The fraction of sp³-hybridized carbons (Fsp3) is 0.750. The van der Waals surface area contributed by atoms with Crippen molar-refractivity contribution in [2.75, 3.05) is 0 Å². The van der Waals surface area contributed by atoms with E-state index in [0.717, 1.165) is 19.3 Å². The summed E-state index contributed by atoms with van der Waals surface area (Å²) in [6.45, 7) is 1.51. The van der Waals surface area contributed by atoms with Gasteiger partial charge in [0.2, 0.25) is 0 Å². The maximum atomic E-state index is 10.8. The molecule has 2 nitrogen and oxygen atoms in total. The van der Waals surface area contributed by atoms with E-state index in [9.17, 15) is 4.79 Å². The SMILES string of the molecule is CC(=O)OC1CCC2=CCCCC2C1. The summed E-state index contributed by atoms with van der Waals surface area (Å²) in [5.74, 6) is 0.583. The van der Waals surface area contributed by atoms with E-state index in [4.69, 9.17) is 4.74 Å². The van der Waals surface area contributed by atoms with Crippen molar-refractivity contribution in [2.24, 2.45) is 5.92 Å². The summed E-state index contributed by atoms with van der Waals surface area (Å²) in [6, 6.07) is 0. The van der Waals surface area contributed by atoms with Gasteiger partial charge >= 0.3 is 5.97 Å². The molecule has 0 aromatic carbocycles. The number of carbonyl (C=O) groups is 1. The zero-order valence-corrected chi connectivity index (χ0v) is 8.79. The Kier molecular flexibility index (Phi) is 2.90. The number of hydrogen-bond acceptors (Lipinski definition) is 2. The average Bonchev–Trinajstić information content (AvgIpc) is 2.17. The second-order valence-electron chi connectivity index (χ2n) is 4.41. The van der Waals surface area contributed by atoms with Crippen LogP contribution in [-0.2, 0) is 9.53 Å². The zero-order valence-electron chi connectivity index (χ0n) is 8.79. The molecule has 0 heterocycles. The van der Waals surface area contributed by atoms with Gasteiger partial charge in [-0.2, -0.15) is 0 Å². The van der Waals surface area contributed by atoms with E-state index in [1.165, 1.54) is 26.2 Å². The highest BCUT2D eigenvalue weighted by atomic mass is 16.5. The van der Waals surface area contributed by atoms with Gasteiger partial charge in [-0.1, -0.05) is 11.6 Å². The lowest BCUT2D eigenvalue weighted by Crippen LogP contribution is -2.27. The summed E-state index contributed by atoms with van der Waals surface area (Å²) in [6.07, 6.45) is 9.68. The van der Waals surface area contributed by atoms with Crippen molar-refractivity contribution in [3.63, 3.8) is 0 Å². The van der Waals surface area contributed by atoms with Crippen LogP contribution in [0.3, 0.4) is 0 Å². The Morgan fingerprint density at radius 3 is 3.14 bits per heavy atom. The minimum absolute atomic E-state index is 0.127. The summed E-state index contributed by atoms with van der Waals surface area (Å²) >= 11 is 0. The number of esters is 1. The molecule has 2 rings (SSSR count). The van der Waals surface area contributed by atoms with Gasteiger partial charge in [0.25, 0.3) is 0 Å². The first kappa shape index (κ1) is 9.75. The van der Waals surface area contributed by atoms with E-state index < -0.39 is 0 Å². The van der Waals surface area contributed by atoms with Crippen molar-refractivity contribution in [1.82, 2.24) is 0 Å². The van der Waals surface area contributed by atoms with Gasteiger partial charge in [0, 0.05) is 6.92 Å². The van der Waals surface area contributed by atoms with Crippen LogP contribution >= 0.6 is 0 Å². The highest BCUT2D eigenvalue weighted by molar-refractivity contribution is 5.66. The zero-order chi connectivity index (χ0) is 9.97. The van der Waals surface area contributed by atoms with Gasteiger partial charge in [-0.05, 0) is 44.4 Å². The quantitative estimate of drug-likeness (QED) is 0.474. The molecule has 2 heteroatoms. The first-order valence-electron chi connectivity index (χ1n) is 5.62. The minimum Gasteiger partial charge on any atom is -0.463 e. The summed E-state index contributed by atoms with van der Waals surface area (Å²) in [5, 5.41) is 0. The van der Waals surface area contributed by atoms with Crippen LogP contribution in [0.5, 0.6) is 0 Å². The van der Waals surface area contributed by atoms with Gasteiger partial charge < -0.3 is 4.74 Å². The van der Waals surface area contributed by atoms with Crippen LogP contribution in [0.4, 0.5) is 0 Å². The molecule has 2 atom stereocenters. The third-order valence-electron chi connectivity index (χ3n) is 3.32. The van der Waals surface area contributed by atoms with Crippen molar-refractivity contribution in [3.8, 4) is 0 Å². The molecule has 0 aliphatic heterocycles. The Labute approximate surface area is 85.3 Å². The van der Waals surface area contributed by atoms with E-state index in [2.05, 4.69) is 6.08 Å². The molecule has 0 N–H and O–H groups in total. The maximum absolute atomic E-state index is 10.8. The van der Waals surface area contributed by atoms with Gasteiger partial charge in [0.15, 0.2) is 0 Å².